The van der Waals surface area contributed by atoms with Crippen LogP contribution in [0, 0.1) is 0 Å². The maximum Gasteiger partial charge on any atom is 0.321 e. The van der Waals surface area contributed by atoms with Gasteiger partial charge in [-0.15, -0.1) is 0 Å². The molecule has 1 amide bonds. The molecule has 0 aliphatic carbocycles. The van der Waals surface area contributed by atoms with Crippen LogP contribution in [0.4, 0.5) is 5.69 Å². The number of rotatable bonds is 5. The number of H-pyrrole nitrogens is 1. The molecule has 0 radical (unpaired) electrons. The highest BCUT2D eigenvalue weighted by atomic mass is 79.9. The van der Waals surface area contributed by atoms with Gasteiger partial charge in [-0.05, 0) is 36.4 Å². The van der Waals surface area contributed by atoms with Gasteiger partial charge in [0.1, 0.15) is 5.69 Å². The van der Waals surface area contributed by atoms with Crippen molar-refractivity contribution in [2.75, 3.05) is 12.4 Å². The summed E-state index contributed by atoms with van der Waals surface area (Å²) in [5, 5.41) is 14.9. The second-order valence-corrected chi connectivity index (χ2v) is 6.79. The molecule has 9 nitrogen and oxygen atoms in total. The van der Waals surface area contributed by atoms with E-state index in [-0.39, 0.29) is 5.69 Å². The number of nitrogens with zero attached hydrogens (tertiary/aromatic N) is 2. The molecule has 1 heterocycles. The van der Waals surface area contributed by atoms with E-state index in [1.807, 2.05) is 0 Å². The monoisotopic (exact) mass is 458 g/mol. The van der Waals surface area contributed by atoms with Gasteiger partial charge in [-0.3, -0.25) is 14.4 Å². The topological polar surface area (TPSA) is 134 Å². The summed E-state index contributed by atoms with van der Waals surface area (Å²) in [6.45, 7) is 0. The maximum absolute atomic E-state index is 12.7. The average molecular weight is 459 g/mol. The molecule has 0 saturated heterocycles. The Hall–Kier alpha value is -3.53. The second kappa shape index (κ2) is 8.65. The first-order chi connectivity index (χ1) is 13.9. The molecule has 0 unspecified atom stereocenters. The number of carbonyl (C=O) groups excluding carboxylic acids is 2. The van der Waals surface area contributed by atoms with Gasteiger partial charge >= 0.3 is 5.97 Å². The number of nitrogens with one attached hydrogen (secondary N) is 2. The number of aromatic nitrogens is 2. The number of amides is 1. The third-order valence-electron chi connectivity index (χ3n) is 4.05. The van der Waals surface area contributed by atoms with Crippen molar-refractivity contribution in [2.45, 2.75) is 5.92 Å². The number of benzene rings is 2. The number of hydrogen-bond donors (Lipinski definition) is 3. The number of methoxy groups -OCH3 is 1. The van der Waals surface area contributed by atoms with Gasteiger partial charge in [-0.1, -0.05) is 33.2 Å². The molecule has 1 atom stereocenters. The molecule has 2 aromatic carbocycles. The van der Waals surface area contributed by atoms with Crippen LogP contribution in [0.15, 0.2) is 63.0 Å². The lowest BCUT2D eigenvalue weighted by atomic mass is 9.98. The summed E-state index contributed by atoms with van der Waals surface area (Å²) in [5.74, 6) is -3.49. The van der Waals surface area contributed by atoms with E-state index in [1.54, 1.807) is 48.5 Å². The van der Waals surface area contributed by atoms with Crippen molar-refractivity contribution in [2.24, 2.45) is 5.16 Å². The van der Waals surface area contributed by atoms with Crippen LogP contribution >= 0.6 is 15.9 Å². The van der Waals surface area contributed by atoms with Crippen molar-refractivity contribution >= 4 is 50.2 Å². The molecule has 1 aromatic heterocycles. The van der Waals surface area contributed by atoms with Crippen molar-refractivity contribution in [1.29, 1.82) is 0 Å². The number of halogens is 1. The molecule has 0 saturated carbocycles. The SMILES string of the molecule is COC(=O)[C@@H](/C(=N/O)C(=O)Nc1ccc(Br)cc1)c1nc2ccccc2[nH]c1=O. The van der Waals surface area contributed by atoms with Crippen LogP contribution in [0.1, 0.15) is 11.6 Å². The van der Waals surface area contributed by atoms with Gasteiger partial charge in [0.15, 0.2) is 11.6 Å². The van der Waals surface area contributed by atoms with Crippen LogP contribution in [0.3, 0.4) is 0 Å². The predicted molar refractivity (Wildman–Crippen MR) is 109 cm³/mol. The molecule has 0 aliphatic heterocycles. The Bertz CT molecular complexity index is 1160. The van der Waals surface area contributed by atoms with Gasteiger partial charge in [-0.25, -0.2) is 4.98 Å². The van der Waals surface area contributed by atoms with E-state index >= 15 is 0 Å². The lowest BCUT2D eigenvalue weighted by Gasteiger charge is -2.15. The standard InChI is InChI=1S/C19H15BrN4O5/c1-29-19(27)14(15-17(25)23-13-5-3-2-4-12(13)22-15)16(24-28)18(26)21-11-8-6-10(20)7-9-11/h2-9,14,28H,1H3,(H,21,26)(H,23,25)/b24-16-/t14-/m1/s1. The van der Waals surface area contributed by atoms with Crippen LogP contribution in [0.5, 0.6) is 0 Å². The van der Waals surface area contributed by atoms with Gasteiger partial charge in [0, 0.05) is 10.2 Å². The van der Waals surface area contributed by atoms with E-state index in [2.05, 4.69) is 36.4 Å². The Morgan fingerprint density at radius 3 is 2.55 bits per heavy atom. The summed E-state index contributed by atoms with van der Waals surface area (Å²) in [4.78, 5) is 44.4. The van der Waals surface area contributed by atoms with Crippen molar-refractivity contribution in [1.82, 2.24) is 9.97 Å². The van der Waals surface area contributed by atoms with E-state index in [0.717, 1.165) is 11.6 Å². The zero-order valence-corrected chi connectivity index (χ0v) is 16.6. The molecule has 3 rings (SSSR count). The number of ether oxygens (including phenoxy) is 1. The molecule has 0 bridgehead atoms. The first-order valence-electron chi connectivity index (χ1n) is 8.30. The molecule has 148 valence electrons. The molecule has 3 N–H and O–H groups in total. The van der Waals surface area contributed by atoms with Gasteiger partial charge in [0.25, 0.3) is 11.5 Å². The molecular weight excluding hydrogens is 444 g/mol. The molecule has 29 heavy (non-hydrogen) atoms. The second-order valence-electron chi connectivity index (χ2n) is 5.87. The molecule has 0 aliphatic rings. The molecule has 3 aromatic rings. The Kier molecular flexibility index (Phi) is 6.03. The minimum absolute atomic E-state index is 0.325. The van der Waals surface area contributed by atoms with Gasteiger partial charge in [0.2, 0.25) is 0 Å². The Balaban J connectivity index is 2.04. The highest BCUT2D eigenvalue weighted by molar-refractivity contribution is 9.10. The average Bonchev–Trinajstić information content (AvgIpc) is 2.72. The Morgan fingerprint density at radius 2 is 1.90 bits per heavy atom. The zero-order valence-electron chi connectivity index (χ0n) is 15.0. The highest BCUT2D eigenvalue weighted by Crippen LogP contribution is 2.19. The largest absolute Gasteiger partial charge is 0.468 e. The van der Waals surface area contributed by atoms with Crippen LogP contribution in [0.2, 0.25) is 0 Å². The number of esters is 1. The van der Waals surface area contributed by atoms with Crippen LogP contribution < -0.4 is 10.9 Å². The Morgan fingerprint density at radius 1 is 1.21 bits per heavy atom. The molecule has 0 spiro atoms. The van der Waals surface area contributed by atoms with Crippen molar-refractivity contribution < 1.29 is 19.5 Å². The van der Waals surface area contributed by atoms with E-state index in [4.69, 9.17) is 4.74 Å². The van der Waals surface area contributed by atoms with E-state index in [0.29, 0.717) is 16.7 Å². The number of hydrogen-bond acceptors (Lipinski definition) is 7. The minimum atomic E-state index is -1.63. The van der Waals surface area contributed by atoms with Crippen molar-refractivity contribution in [3.63, 3.8) is 0 Å². The summed E-state index contributed by atoms with van der Waals surface area (Å²) in [6.07, 6.45) is 0. The molecule has 0 fully saturated rings. The highest BCUT2D eigenvalue weighted by Gasteiger charge is 2.36. The van der Waals surface area contributed by atoms with Crippen LogP contribution in [-0.4, -0.2) is 39.9 Å². The predicted octanol–water partition coefficient (Wildman–Crippen LogP) is 2.41. The molecular formula is C19H15BrN4O5. The summed E-state index contributed by atoms with van der Waals surface area (Å²) in [5.41, 5.74) is -0.435. The van der Waals surface area contributed by atoms with Crippen molar-refractivity contribution in [3.05, 3.63) is 69.1 Å². The lowest BCUT2D eigenvalue weighted by molar-refractivity contribution is -0.141. The fourth-order valence-corrected chi connectivity index (χ4v) is 2.94. The number of oxime groups is 1. The third kappa shape index (κ3) is 4.32. The van der Waals surface area contributed by atoms with Crippen molar-refractivity contribution in [3.8, 4) is 0 Å². The van der Waals surface area contributed by atoms with Gasteiger partial charge < -0.3 is 20.2 Å². The quantitative estimate of drug-likeness (QED) is 0.232. The lowest BCUT2D eigenvalue weighted by Crippen LogP contribution is -2.37. The first-order valence-corrected chi connectivity index (χ1v) is 9.09. The number of anilines is 1. The number of aromatic amines is 1. The van der Waals surface area contributed by atoms with Crippen LogP contribution in [0.25, 0.3) is 11.0 Å². The third-order valence-corrected chi connectivity index (χ3v) is 4.58. The first kappa shape index (κ1) is 20.2. The fraction of sp³-hybridized carbons (Fsp3) is 0.105. The summed E-state index contributed by atoms with van der Waals surface area (Å²) < 4.78 is 5.52. The number of para-hydroxylation sites is 2. The van der Waals surface area contributed by atoms with E-state index in [9.17, 15) is 19.6 Å². The zero-order chi connectivity index (χ0) is 21.0. The minimum Gasteiger partial charge on any atom is -0.468 e. The summed E-state index contributed by atoms with van der Waals surface area (Å²) in [7, 11) is 1.09. The molecule has 10 heteroatoms. The smallest absolute Gasteiger partial charge is 0.321 e. The Labute approximate surface area is 172 Å². The van der Waals surface area contributed by atoms with Crippen LogP contribution in [-0.2, 0) is 14.3 Å². The summed E-state index contributed by atoms with van der Waals surface area (Å²) >= 11 is 3.28. The number of fused-ring (bicyclic) bond motifs is 1. The van der Waals surface area contributed by atoms with Gasteiger partial charge in [0.05, 0.1) is 18.1 Å². The van der Waals surface area contributed by atoms with E-state index in [1.165, 1.54) is 0 Å². The number of carbonyl (C=O) groups is 2. The van der Waals surface area contributed by atoms with E-state index < -0.39 is 29.1 Å². The normalized spacial score (nSPS) is 12.4. The fourth-order valence-electron chi connectivity index (χ4n) is 2.67. The summed E-state index contributed by atoms with van der Waals surface area (Å²) in [6, 6.07) is 13.3. The maximum atomic E-state index is 12.7. The van der Waals surface area contributed by atoms with Gasteiger partial charge in [-0.2, -0.15) is 0 Å².